The van der Waals surface area contributed by atoms with Crippen LogP contribution in [-0.4, -0.2) is 93.3 Å². The number of rotatable bonds is 7. The molecule has 0 fully saturated rings. The molecule has 0 unspecified atom stereocenters. The summed E-state index contributed by atoms with van der Waals surface area (Å²) in [6, 6.07) is 9.10. The lowest BCUT2D eigenvalue weighted by Crippen LogP contribution is -2.47. The number of aliphatic hydroxyl groups is 1. The first-order valence-corrected chi connectivity index (χ1v) is 15.2. The highest BCUT2D eigenvalue weighted by molar-refractivity contribution is 6.31. The summed E-state index contributed by atoms with van der Waals surface area (Å²) in [6.07, 6.45) is 2.52. The first-order valence-electron chi connectivity index (χ1n) is 14.8. The van der Waals surface area contributed by atoms with Gasteiger partial charge in [-0.2, -0.15) is 0 Å². The van der Waals surface area contributed by atoms with E-state index in [1.54, 1.807) is 11.0 Å². The van der Waals surface area contributed by atoms with Gasteiger partial charge >= 0.3 is 0 Å². The van der Waals surface area contributed by atoms with Crippen LogP contribution in [0.2, 0.25) is 5.02 Å². The first kappa shape index (κ1) is 32.2. The predicted octanol–water partition coefficient (Wildman–Crippen LogP) is 5.06. The summed E-state index contributed by atoms with van der Waals surface area (Å²) in [5.41, 5.74) is 2.36. The fourth-order valence-electron chi connectivity index (χ4n) is 5.39. The van der Waals surface area contributed by atoms with E-state index in [0.29, 0.717) is 54.1 Å². The number of benzene rings is 2. The molecule has 0 spiro atoms. The Morgan fingerprint density at radius 1 is 1.07 bits per heavy atom. The minimum absolute atomic E-state index is 0.0131. The number of nitrogens with zero attached hydrogens (tertiary/aromatic N) is 3. The van der Waals surface area contributed by atoms with Crippen LogP contribution in [0.4, 0.5) is 5.69 Å². The molecule has 10 heteroatoms. The highest BCUT2D eigenvalue weighted by Crippen LogP contribution is 2.37. The molecule has 0 saturated carbocycles. The van der Waals surface area contributed by atoms with Gasteiger partial charge in [0, 0.05) is 63.0 Å². The first-order chi connectivity index (χ1) is 20.1. The molecule has 0 aliphatic carbocycles. The van der Waals surface area contributed by atoms with E-state index in [1.165, 1.54) is 0 Å². The standard InChI is InChI=1S/C32H46ClN3O6/c1-21-16-36(22(2)19-37)32(38)26-14-25(34(4)5)10-11-28(26)42-23(3)9-7-8-12-39-31(21)18-35(6)17-24-13-29-30(15-27(24)33)41-20-40-29/h10-11,13-15,21-23,31,37H,7-9,12,16-20H2,1-6H3/t21-,22+,23-,31+/m1/s1. The Bertz CT molecular complexity index is 1210. The number of hydrogen-bond donors (Lipinski definition) is 1. The molecular weight excluding hydrogens is 558 g/mol. The predicted molar refractivity (Wildman–Crippen MR) is 165 cm³/mol. The fourth-order valence-corrected chi connectivity index (χ4v) is 5.61. The molecule has 0 bridgehead atoms. The van der Waals surface area contributed by atoms with Crippen molar-refractivity contribution in [1.82, 2.24) is 9.80 Å². The molecule has 9 nitrogen and oxygen atoms in total. The summed E-state index contributed by atoms with van der Waals surface area (Å²) in [4.78, 5) is 20.1. The van der Waals surface area contributed by atoms with Crippen molar-refractivity contribution in [3.05, 3.63) is 46.5 Å². The fraction of sp³-hybridized carbons (Fsp3) is 0.594. The number of fused-ring (bicyclic) bond motifs is 2. The second kappa shape index (κ2) is 14.6. The lowest BCUT2D eigenvalue weighted by Gasteiger charge is -2.36. The van der Waals surface area contributed by atoms with Crippen LogP contribution in [0.25, 0.3) is 0 Å². The van der Waals surface area contributed by atoms with Gasteiger partial charge in [0.2, 0.25) is 6.79 Å². The lowest BCUT2D eigenvalue weighted by molar-refractivity contribution is -0.0177. The summed E-state index contributed by atoms with van der Waals surface area (Å²) in [5, 5.41) is 10.8. The number of carbonyl (C=O) groups excluding carboxylic acids is 1. The van der Waals surface area contributed by atoms with E-state index in [9.17, 15) is 9.90 Å². The van der Waals surface area contributed by atoms with E-state index in [4.69, 9.17) is 30.5 Å². The molecule has 1 amide bonds. The zero-order valence-electron chi connectivity index (χ0n) is 25.8. The van der Waals surface area contributed by atoms with Crippen molar-refractivity contribution >= 4 is 23.2 Å². The van der Waals surface area contributed by atoms with Crippen LogP contribution in [0.3, 0.4) is 0 Å². The molecule has 1 N–H and O–H groups in total. The van der Waals surface area contributed by atoms with E-state index >= 15 is 0 Å². The molecule has 0 saturated heterocycles. The van der Waals surface area contributed by atoms with Gasteiger partial charge in [0.1, 0.15) is 5.75 Å². The van der Waals surface area contributed by atoms with E-state index in [2.05, 4.69) is 11.8 Å². The van der Waals surface area contributed by atoms with Gasteiger partial charge in [0.05, 0.1) is 30.4 Å². The number of carbonyl (C=O) groups is 1. The van der Waals surface area contributed by atoms with Crippen LogP contribution in [-0.2, 0) is 11.3 Å². The number of aliphatic hydroxyl groups excluding tert-OH is 1. The van der Waals surface area contributed by atoms with Crippen molar-refractivity contribution in [2.45, 2.75) is 64.8 Å². The van der Waals surface area contributed by atoms with Crippen molar-refractivity contribution in [1.29, 1.82) is 0 Å². The molecule has 42 heavy (non-hydrogen) atoms. The summed E-state index contributed by atoms with van der Waals surface area (Å²) < 4.78 is 23.8. The highest BCUT2D eigenvalue weighted by atomic mass is 35.5. The zero-order valence-corrected chi connectivity index (χ0v) is 26.5. The molecule has 2 heterocycles. The van der Waals surface area contributed by atoms with Crippen molar-refractivity contribution in [3.8, 4) is 17.2 Å². The number of likely N-dealkylation sites (N-methyl/N-ethyl adjacent to an activating group) is 1. The van der Waals surface area contributed by atoms with E-state index < -0.39 is 0 Å². The van der Waals surface area contributed by atoms with Crippen LogP contribution in [0, 0.1) is 5.92 Å². The summed E-state index contributed by atoms with van der Waals surface area (Å²) in [6.45, 7) is 8.36. The second-order valence-electron chi connectivity index (χ2n) is 11.9. The van der Waals surface area contributed by atoms with Gasteiger partial charge in [-0.05, 0) is 70.0 Å². The monoisotopic (exact) mass is 603 g/mol. The molecule has 2 aliphatic heterocycles. The van der Waals surface area contributed by atoms with Crippen LogP contribution < -0.4 is 19.1 Å². The van der Waals surface area contributed by atoms with Crippen LogP contribution >= 0.6 is 11.6 Å². The molecule has 0 aromatic heterocycles. The lowest BCUT2D eigenvalue weighted by atomic mass is 10.0. The molecule has 4 atom stereocenters. The maximum atomic E-state index is 14.2. The number of halogens is 1. The van der Waals surface area contributed by atoms with E-state index in [1.807, 2.05) is 64.2 Å². The van der Waals surface area contributed by atoms with Gasteiger partial charge in [0.25, 0.3) is 5.91 Å². The van der Waals surface area contributed by atoms with Crippen molar-refractivity contribution in [2.24, 2.45) is 5.92 Å². The molecule has 232 valence electrons. The zero-order chi connectivity index (χ0) is 30.4. The third kappa shape index (κ3) is 8.01. The second-order valence-corrected chi connectivity index (χ2v) is 12.3. The Balaban J connectivity index is 1.58. The molecule has 4 rings (SSSR count). The molecule has 2 aromatic carbocycles. The van der Waals surface area contributed by atoms with Crippen molar-refractivity contribution in [3.63, 3.8) is 0 Å². The van der Waals surface area contributed by atoms with Crippen LogP contribution in [0.1, 0.15) is 56.0 Å². The maximum Gasteiger partial charge on any atom is 0.258 e. The SMILES string of the molecule is C[C@@H]1CCCCO[C@@H](CN(C)Cc2cc3c(cc2Cl)OCO3)[C@H](C)CN([C@@H](C)CO)C(=O)c2cc(N(C)C)ccc2O1. The Kier molecular flexibility index (Phi) is 11.2. The number of ether oxygens (including phenoxy) is 4. The Labute approximate surface area is 255 Å². The van der Waals surface area contributed by atoms with Crippen molar-refractivity contribution in [2.75, 3.05) is 59.1 Å². The van der Waals surface area contributed by atoms with E-state index in [0.717, 1.165) is 30.5 Å². The van der Waals surface area contributed by atoms with Gasteiger partial charge in [0.15, 0.2) is 11.5 Å². The Morgan fingerprint density at radius 2 is 1.81 bits per heavy atom. The van der Waals surface area contributed by atoms with Gasteiger partial charge < -0.3 is 33.9 Å². The van der Waals surface area contributed by atoms with Gasteiger partial charge in [-0.1, -0.05) is 18.5 Å². The average molecular weight is 604 g/mol. The summed E-state index contributed by atoms with van der Waals surface area (Å²) >= 11 is 6.57. The normalized spacial score (nSPS) is 22.4. The minimum Gasteiger partial charge on any atom is -0.490 e. The average Bonchev–Trinajstić information content (AvgIpc) is 3.41. The molecule has 2 aromatic rings. The van der Waals surface area contributed by atoms with Gasteiger partial charge in [-0.3, -0.25) is 9.69 Å². The Hall–Kier alpha value is -2.72. The minimum atomic E-state index is -0.382. The van der Waals surface area contributed by atoms with Crippen molar-refractivity contribution < 1.29 is 28.8 Å². The highest BCUT2D eigenvalue weighted by Gasteiger charge is 2.30. The van der Waals surface area contributed by atoms with Crippen LogP contribution in [0.15, 0.2) is 30.3 Å². The molecular formula is C32H46ClN3O6. The van der Waals surface area contributed by atoms with E-state index in [-0.39, 0.29) is 43.5 Å². The molecule has 0 radical (unpaired) electrons. The molecule has 2 aliphatic rings. The van der Waals surface area contributed by atoms with Crippen LogP contribution in [0.5, 0.6) is 17.2 Å². The quantitative estimate of drug-likeness (QED) is 0.470. The van der Waals surface area contributed by atoms with Gasteiger partial charge in [-0.25, -0.2) is 0 Å². The third-order valence-corrected chi connectivity index (χ3v) is 8.38. The number of amides is 1. The number of hydrogen-bond acceptors (Lipinski definition) is 8. The largest absolute Gasteiger partial charge is 0.490 e. The topological polar surface area (TPSA) is 83.9 Å². The maximum absolute atomic E-state index is 14.2. The summed E-state index contributed by atoms with van der Waals surface area (Å²) in [5.74, 6) is 1.77. The Morgan fingerprint density at radius 3 is 2.52 bits per heavy atom. The third-order valence-electron chi connectivity index (χ3n) is 8.03. The number of anilines is 1. The summed E-state index contributed by atoms with van der Waals surface area (Å²) in [7, 11) is 5.94. The van der Waals surface area contributed by atoms with Gasteiger partial charge in [-0.15, -0.1) is 0 Å². The smallest absolute Gasteiger partial charge is 0.258 e.